The molecule has 0 radical (unpaired) electrons. The molecule has 0 spiro atoms. The fraction of sp³-hybridized carbons (Fsp3) is 0.375. The summed E-state index contributed by atoms with van der Waals surface area (Å²) in [7, 11) is -2.40. The summed E-state index contributed by atoms with van der Waals surface area (Å²) in [5.74, 6) is 1.79. The van der Waals surface area contributed by atoms with Gasteiger partial charge in [-0.05, 0) is 30.5 Å². The van der Waals surface area contributed by atoms with E-state index in [1.165, 1.54) is 27.6 Å². The molecule has 2 aliphatic rings. The van der Waals surface area contributed by atoms with Crippen molar-refractivity contribution in [1.82, 2.24) is 24.8 Å². The molecule has 1 fully saturated rings. The van der Waals surface area contributed by atoms with Crippen LogP contribution in [-0.2, 0) is 27.8 Å². The van der Waals surface area contributed by atoms with Crippen LogP contribution < -0.4 is 10.6 Å². The number of hydrogen-bond donors (Lipinski definition) is 2. The van der Waals surface area contributed by atoms with Gasteiger partial charge in [-0.1, -0.05) is 12.0 Å². The Bertz CT molecular complexity index is 1500. The highest BCUT2D eigenvalue weighted by Gasteiger charge is 2.41. The maximum Gasteiger partial charge on any atom is 0.283 e. The summed E-state index contributed by atoms with van der Waals surface area (Å²) < 4.78 is 29.3. The van der Waals surface area contributed by atoms with Gasteiger partial charge in [0.15, 0.2) is 5.01 Å². The Balaban J connectivity index is 1.40. The van der Waals surface area contributed by atoms with Crippen molar-refractivity contribution in [2.75, 3.05) is 26.7 Å². The maximum atomic E-state index is 13.5. The third-order valence-corrected chi connectivity index (χ3v) is 11.0. The fourth-order valence-corrected chi connectivity index (χ4v) is 8.51. The molecule has 2 unspecified atom stereocenters. The lowest BCUT2D eigenvalue weighted by Gasteiger charge is -2.39. The molecule has 0 saturated carbocycles. The molecule has 9 nitrogen and oxygen atoms in total. The standard InChI is InChI=1S/C24H25N5O4S3/c1-4-15-5-6-16-11-21(34-19(16)10-15)36(32,33)28-7-8-29(18(13-28)22(30)25-3)24(31)23-27-17-9-14(2)26-12-20(17)35-23/h1,5-6,10-11,14,18,26H,7-9,12-13H2,2-3H3,(H,25,30). The van der Waals surface area contributed by atoms with Gasteiger partial charge in [0.05, 0.1) is 5.69 Å². The van der Waals surface area contributed by atoms with Crippen LogP contribution in [0.5, 0.6) is 0 Å². The number of nitrogens with one attached hydrogen (secondary N) is 2. The lowest BCUT2D eigenvalue weighted by molar-refractivity contribution is -0.126. The molecule has 0 bridgehead atoms. The highest BCUT2D eigenvalue weighted by Crippen LogP contribution is 2.33. The van der Waals surface area contributed by atoms with E-state index in [-0.39, 0.29) is 35.8 Å². The summed E-state index contributed by atoms with van der Waals surface area (Å²) in [6, 6.07) is 6.29. The van der Waals surface area contributed by atoms with Gasteiger partial charge >= 0.3 is 0 Å². The number of rotatable bonds is 4. The van der Waals surface area contributed by atoms with Gasteiger partial charge in [0.1, 0.15) is 10.3 Å². The lowest BCUT2D eigenvalue weighted by atomic mass is 10.1. The Labute approximate surface area is 217 Å². The summed E-state index contributed by atoms with van der Waals surface area (Å²) in [6.07, 6.45) is 6.21. The molecule has 4 heterocycles. The molecule has 1 aromatic carbocycles. The lowest BCUT2D eigenvalue weighted by Crippen LogP contribution is -2.61. The molecule has 2 N–H and O–H groups in total. The molecule has 188 valence electrons. The molecular weight excluding hydrogens is 518 g/mol. The molecule has 0 aliphatic carbocycles. The number of carbonyl (C=O) groups is 2. The summed E-state index contributed by atoms with van der Waals surface area (Å²) in [6.45, 7) is 2.75. The van der Waals surface area contributed by atoms with Crippen molar-refractivity contribution in [3.63, 3.8) is 0 Å². The summed E-state index contributed by atoms with van der Waals surface area (Å²) in [5, 5.41) is 7.05. The fourth-order valence-electron chi connectivity index (χ4n) is 4.49. The number of aromatic nitrogens is 1. The Morgan fingerprint density at radius 2 is 2.06 bits per heavy atom. The second-order valence-corrected chi connectivity index (χ2v) is 13.2. The zero-order valence-electron chi connectivity index (χ0n) is 19.8. The number of carbonyl (C=O) groups excluding carboxylic acids is 2. The molecule has 3 aromatic rings. The minimum absolute atomic E-state index is 0.0785. The van der Waals surface area contributed by atoms with Crippen molar-refractivity contribution < 1.29 is 18.0 Å². The van der Waals surface area contributed by atoms with Crippen molar-refractivity contribution in [1.29, 1.82) is 0 Å². The average molecular weight is 544 g/mol. The highest BCUT2D eigenvalue weighted by atomic mass is 32.2. The van der Waals surface area contributed by atoms with Crippen LogP contribution >= 0.6 is 22.7 Å². The van der Waals surface area contributed by atoms with Gasteiger partial charge in [-0.3, -0.25) is 9.59 Å². The maximum absolute atomic E-state index is 13.5. The number of fused-ring (bicyclic) bond motifs is 2. The molecular formula is C24H25N5O4S3. The van der Waals surface area contributed by atoms with E-state index in [9.17, 15) is 18.0 Å². The number of terminal acetylenes is 1. The number of thiazole rings is 1. The van der Waals surface area contributed by atoms with E-state index in [2.05, 4.69) is 28.5 Å². The molecule has 12 heteroatoms. The quantitative estimate of drug-likeness (QED) is 0.484. The van der Waals surface area contributed by atoms with E-state index < -0.39 is 22.0 Å². The van der Waals surface area contributed by atoms with Crippen LogP contribution in [0.1, 0.15) is 32.9 Å². The van der Waals surface area contributed by atoms with Crippen molar-refractivity contribution in [3.8, 4) is 12.3 Å². The van der Waals surface area contributed by atoms with E-state index in [1.54, 1.807) is 24.3 Å². The second kappa shape index (κ2) is 9.57. The van der Waals surface area contributed by atoms with Crippen LogP contribution in [0.4, 0.5) is 0 Å². The summed E-state index contributed by atoms with van der Waals surface area (Å²) in [4.78, 5) is 33.2. The smallest absolute Gasteiger partial charge is 0.283 e. The molecule has 2 amide bonds. The minimum atomic E-state index is -3.88. The Morgan fingerprint density at radius 1 is 1.25 bits per heavy atom. The normalized spacial score (nSPS) is 20.6. The van der Waals surface area contributed by atoms with Gasteiger partial charge in [-0.15, -0.1) is 29.1 Å². The number of hydrogen-bond acceptors (Lipinski definition) is 8. The molecule has 2 aliphatic heterocycles. The summed E-state index contributed by atoms with van der Waals surface area (Å²) in [5.41, 5.74) is 1.58. The van der Waals surface area contributed by atoms with Crippen molar-refractivity contribution >= 4 is 54.6 Å². The Morgan fingerprint density at radius 3 is 2.81 bits per heavy atom. The number of sulfonamides is 1. The zero-order valence-corrected chi connectivity index (χ0v) is 22.2. The van der Waals surface area contributed by atoms with Crippen molar-refractivity contribution in [3.05, 3.63) is 45.4 Å². The van der Waals surface area contributed by atoms with Gasteiger partial charge in [-0.2, -0.15) is 4.31 Å². The van der Waals surface area contributed by atoms with Crippen LogP contribution in [0.3, 0.4) is 0 Å². The second-order valence-electron chi connectivity index (χ2n) is 8.83. The van der Waals surface area contributed by atoms with Gasteiger partial charge in [0.2, 0.25) is 5.91 Å². The molecule has 5 rings (SSSR count). The number of thiophene rings is 1. The molecule has 36 heavy (non-hydrogen) atoms. The van der Waals surface area contributed by atoms with Crippen LogP contribution in [0.2, 0.25) is 0 Å². The first-order valence-electron chi connectivity index (χ1n) is 11.5. The topological polar surface area (TPSA) is 112 Å². The number of piperazine rings is 1. The molecule has 2 aromatic heterocycles. The van der Waals surface area contributed by atoms with Gasteiger partial charge in [0.25, 0.3) is 15.9 Å². The molecule has 2 atom stereocenters. The zero-order chi connectivity index (χ0) is 25.6. The van der Waals surface area contributed by atoms with E-state index in [1.807, 2.05) is 0 Å². The number of amides is 2. The van der Waals surface area contributed by atoms with Crippen LogP contribution in [0, 0.1) is 12.3 Å². The molecule has 1 saturated heterocycles. The highest BCUT2D eigenvalue weighted by molar-refractivity contribution is 7.91. The first-order chi connectivity index (χ1) is 17.2. The van der Waals surface area contributed by atoms with Gasteiger partial charge in [0, 0.05) is 60.8 Å². The Kier molecular flexibility index (Phi) is 6.61. The van der Waals surface area contributed by atoms with E-state index in [0.717, 1.165) is 38.4 Å². The minimum Gasteiger partial charge on any atom is -0.357 e. The van der Waals surface area contributed by atoms with Gasteiger partial charge < -0.3 is 15.5 Å². The first-order valence-corrected chi connectivity index (χ1v) is 14.5. The third kappa shape index (κ3) is 4.42. The van der Waals surface area contributed by atoms with E-state index in [0.29, 0.717) is 17.1 Å². The third-order valence-electron chi connectivity index (χ3n) is 6.48. The van der Waals surface area contributed by atoms with E-state index >= 15 is 0 Å². The Hall–Kier alpha value is -2.82. The predicted octanol–water partition coefficient (Wildman–Crippen LogP) is 1.63. The SMILES string of the molecule is C#Cc1ccc2cc(S(=O)(=O)N3CCN(C(=O)c4nc5c(s4)CNC(C)C5)C(C(=O)NC)C3)sc2c1. The van der Waals surface area contributed by atoms with Crippen molar-refractivity contribution in [2.45, 2.75) is 36.2 Å². The monoisotopic (exact) mass is 543 g/mol. The first kappa shape index (κ1) is 24.9. The van der Waals surface area contributed by atoms with Crippen molar-refractivity contribution in [2.24, 2.45) is 0 Å². The summed E-state index contributed by atoms with van der Waals surface area (Å²) >= 11 is 2.47. The van der Waals surface area contributed by atoms with Gasteiger partial charge in [-0.25, -0.2) is 13.4 Å². The number of nitrogens with zero attached hydrogens (tertiary/aromatic N) is 3. The van der Waals surface area contributed by atoms with Crippen LogP contribution in [0.25, 0.3) is 10.1 Å². The largest absolute Gasteiger partial charge is 0.357 e. The van der Waals surface area contributed by atoms with Crippen LogP contribution in [-0.4, -0.2) is 73.2 Å². The number of benzene rings is 1. The predicted molar refractivity (Wildman–Crippen MR) is 140 cm³/mol. The van der Waals surface area contributed by atoms with E-state index in [4.69, 9.17) is 6.42 Å². The van der Waals surface area contributed by atoms with Crippen LogP contribution in [0.15, 0.2) is 28.5 Å². The number of likely N-dealkylation sites (N-methyl/N-ethyl adjacent to an activating group) is 1. The average Bonchev–Trinajstić information content (AvgIpc) is 3.51.